The lowest BCUT2D eigenvalue weighted by atomic mass is 9.99. The molecule has 1 aromatic heterocycles. The molecule has 7 N–H and O–H groups in total. The summed E-state index contributed by atoms with van der Waals surface area (Å²) in [5, 5.41) is 28.6. The maximum Gasteiger partial charge on any atom is 0.419 e. The van der Waals surface area contributed by atoms with E-state index in [1.165, 1.54) is 11.1 Å². The number of nitrogens with one attached hydrogen (secondary N) is 3. The molecular formula is C35H40N6O6. The standard InChI is InChI=1S/C35H40N6O6/c1-23(16-17-24-10-4-2-5-11-24)41(40-35(46)47)22-31(42)29(20-25-12-6-3-7-13-25)38-34(45)30(21-32(36)43)39-33(44)28-19-18-26-14-8-9-15-27(26)37-28/h2-15,18-19,23,29-31,40,42H,16-17,20-22H2,1H3,(H2,36,43)(H,38,45)(H,39,44)(H,46,47)/t23?,29-,30-,31+/m0/s1. The van der Waals surface area contributed by atoms with E-state index in [9.17, 15) is 29.4 Å². The summed E-state index contributed by atoms with van der Waals surface area (Å²) in [7, 11) is 0. The van der Waals surface area contributed by atoms with Gasteiger partial charge in [-0.1, -0.05) is 84.9 Å². The van der Waals surface area contributed by atoms with Crippen molar-refractivity contribution in [1.82, 2.24) is 26.1 Å². The van der Waals surface area contributed by atoms with Crippen LogP contribution in [0.15, 0.2) is 97.1 Å². The summed E-state index contributed by atoms with van der Waals surface area (Å²) in [4.78, 5) is 54.8. The summed E-state index contributed by atoms with van der Waals surface area (Å²) in [5.74, 6) is -2.24. The second-order valence-electron chi connectivity index (χ2n) is 11.4. The van der Waals surface area contributed by atoms with Gasteiger partial charge in [-0.3, -0.25) is 19.8 Å². The largest absolute Gasteiger partial charge is 0.464 e. The summed E-state index contributed by atoms with van der Waals surface area (Å²) in [6, 6.07) is 26.7. The van der Waals surface area contributed by atoms with Crippen molar-refractivity contribution in [2.24, 2.45) is 5.73 Å². The second kappa shape index (κ2) is 16.8. The van der Waals surface area contributed by atoms with Crippen LogP contribution in [-0.4, -0.2) is 74.8 Å². The molecule has 4 aromatic rings. The zero-order valence-corrected chi connectivity index (χ0v) is 26.1. The smallest absolute Gasteiger partial charge is 0.419 e. The topological polar surface area (TPSA) is 187 Å². The molecule has 0 aliphatic heterocycles. The minimum atomic E-state index is -1.36. The van der Waals surface area contributed by atoms with Crippen LogP contribution in [-0.2, 0) is 22.4 Å². The predicted octanol–water partition coefficient (Wildman–Crippen LogP) is 2.80. The number of amides is 4. The highest BCUT2D eigenvalue weighted by Gasteiger charge is 2.31. The first-order valence-corrected chi connectivity index (χ1v) is 15.4. The maximum atomic E-state index is 13.6. The van der Waals surface area contributed by atoms with Crippen LogP contribution in [0, 0.1) is 0 Å². The first-order chi connectivity index (χ1) is 22.6. The molecule has 4 atom stereocenters. The Balaban J connectivity index is 1.51. The van der Waals surface area contributed by atoms with E-state index in [0.717, 1.165) is 16.5 Å². The van der Waals surface area contributed by atoms with E-state index >= 15 is 0 Å². The molecule has 0 saturated carbocycles. The van der Waals surface area contributed by atoms with Gasteiger partial charge in [0.25, 0.3) is 5.91 Å². The number of hydrogen-bond donors (Lipinski definition) is 6. The molecule has 0 radical (unpaired) electrons. The van der Waals surface area contributed by atoms with Crippen molar-refractivity contribution in [2.45, 2.75) is 56.8 Å². The van der Waals surface area contributed by atoms with Crippen LogP contribution in [0.1, 0.15) is 41.4 Å². The van der Waals surface area contributed by atoms with Gasteiger partial charge in [0.1, 0.15) is 11.7 Å². The molecule has 1 unspecified atom stereocenters. The van der Waals surface area contributed by atoms with E-state index in [1.807, 2.05) is 79.7 Å². The van der Waals surface area contributed by atoms with Crippen molar-refractivity contribution in [3.05, 3.63) is 114 Å². The van der Waals surface area contributed by atoms with Gasteiger partial charge in [0.2, 0.25) is 11.8 Å². The minimum Gasteiger partial charge on any atom is -0.464 e. The molecule has 4 rings (SSSR count). The highest BCUT2D eigenvalue weighted by molar-refractivity contribution is 5.99. The number of primary amides is 1. The fourth-order valence-corrected chi connectivity index (χ4v) is 5.23. The number of hydrogen-bond acceptors (Lipinski definition) is 7. The highest BCUT2D eigenvalue weighted by atomic mass is 16.4. The summed E-state index contributed by atoms with van der Waals surface area (Å²) in [5.41, 5.74) is 10.3. The van der Waals surface area contributed by atoms with Crippen molar-refractivity contribution in [2.75, 3.05) is 6.54 Å². The minimum absolute atomic E-state index is 0.0479. The number of carbonyl (C=O) groups is 4. The molecule has 0 aliphatic rings. The Morgan fingerprint density at radius 1 is 0.851 bits per heavy atom. The first-order valence-electron chi connectivity index (χ1n) is 15.4. The number of carboxylic acid groups (broad SMARTS) is 1. The molecule has 246 valence electrons. The Kier molecular flexibility index (Phi) is 12.4. The third-order valence-electron chi connectivity index (χ3n) is 7.80. The Morgan fingerprint density at radius 2 is 1.49 bits per heavy atom. The van der Waals surface area contributed by atoms with E-state index in [4.69, 9.17) is 5.73 Å². The third-order valence-corrected chi connectivity index (χ3v) is 7.80. The Bertz CT molecular complexity index is 1650. The van der Waals surface area contributed by atoms with Crippen LogP contribution in [0.5, 0.6) is 0 Å². The lowest BCUT2D eigenvalue weighted by molar-refractivity contribution is -0.128. The number of rotatable bonds is 16. The average molecular weight is 641 g/mol. The van der Waals surface area contributed by atoms with Gasteiger partial charge in [-0.05, 0) is 49.4 Å². The highest BCUT2D eigenvalue weighted by Crippen LogP contribution is 2.14. The Hall–Kier alpha value is -5.33. The van der Waals surface area contributed by atoms with Crippen molar-refractivity contribution >= 4 is 34.7 Å². The summed E-state index contributed by atoms with van der Waals surface area (Å²) < 4.78 is 0. The molecule has 47 heavy (non-hydrogen) atoms. The molecule has 0 saturated heterocycles. The fraction of sp³-hybridized carbons (Fsp3) is 0.286. The van der Waals surface area contributed by atoms with E-state index in [2.05, 4.69) is 21.0 Å². The van der Waals surface area contributed by atoms with Crippen LogP contribution < -0.4 is 21.8 Å². The number of para-hydroxylation sites is 1. The number of nitrogens with zero attached hydrogens (tertiary/aromatic N) is 2. The number of aromatic nitrogens is 1. The van der Waals surface area contributed by atoms with Gasteiger partial charge in [0.15, 0.2) is 0 Å². The Morgan fingerprint density at radius 3 is 2.15 bits per heavy atom. The average Bonchev–Trinajstić information content (AvgIpc) is 3.06. The molecular weight excluding hydrogens is 600 g/mol. The number of pyridine rings is 1. The number of nitrogens with two attached hydrogens (primary N) is 1. The molecule has 0 aliphatic carbocycles. The molecule has 1 heterocycles. The van der Waals surface area contributed by atoms with Crippen molar-refractivity contribution in [1.29, 1.82) is 0 Å². The first kappa shape index (κ1) is 34.5. The van der Waals surface area contributed by atoms with Gasteiger partial charge < -0.3 is 26.6 Å². The molecule has 12 nitrogen and oxygen atoms in total. The molecule has 12 heteroatoms. The van der Waals surface area contributed by atoms with E-state index in [-0.39, 0.29) is 24.7 Å². The number of aryl methyl sites for hydroxylation is 1. The summed E-state index contributed by atoms with van der Waals surface area (Å²) in [6.45, 7) is 1.68. The summed E-state index contributed by atoms with van der Waals surface area (Å²) in [6.07, 6.45) is -1.61. The number of benzene rings is 3. The predicted molar refractivity (Wildman–Crippen MR) is 177 cm³/mol. The van der Waals surface area contributed by atoms with Gasteiger partial charge in [-0.15, -0.1) is 0 Å². The number of aliphatic hydroxyl groups is 1. The zero-order chi connectivity index (χ0) is 33.8. The molecule has 4 amide bonds. The number of carbonyl (C=O) groups excluding carboxylic acids is 3. The molecule has 0 spiro atoms. The van der Waals surface area contributed by atoms with Crippen LogP contribution in [0.4, 0.5) is 4.79 Å². The Labute approximate surface area is 273 Å². The lowest BCUT2D eigenvalue weighted by Crippen LogP contribution is -2.58. The van der Waals surface area contributed by atoms with E-state index < -0.39 is 48.4 Å². The monoisotopic (exact) mass is 640 g/mol. The van der Waals surface area contributed by atoms with E-state index in [0.29, 0.717) is 18.4 Å². The zero-order valence-electron chi connectivity index (χ0n) is 26.1. The molecule has 0 bridgehead atoms. The van der Waals surface area contributed by atoms with Crippen molar-refractivity contribution in [3.8, 4) is 0 Å². The second-order valence-corrected chi connectivity index (χ2v) is 11.4. The summed E-state index contributed by atoms with van der Waals surface area (Å²) >= 11 is 0. The number of fused-ring (bicyclic) bond motifs is 1. The maximum absolute atomic E-state index is 13.6. The van der Waals surface area contributed by atoms with Crippen LogP contribution in [0.2, 0.25) is 0 Å². The normalized spacial score (nSPS) is 13.7. The number of hydrazine groups is 1. The van der Waals surface area contributed by atoms with Crippen LogP contribution >= 0.6 is 0 Å². The number of aliphatic hydroxyl groups excluding tert-OH is 1. The third kappa shape index (κ3) is 10.6. The lowest BCUT2D eigenvalue weighted by Gasteiger charge is -2.33. The molecule has 0 fully saturated rings. The quantitative estimate of drug-likeness (QED) is 0.101. The van der Waals surface area contributed by atoms with Crippen LogP contribution in [0.3, 0.4) is 0 Å². The SMILES string of the molecule is CC(CCc1ccccc1)N(C[C@@H](O)[C@H](Cc1ccccc1)NC(=O)[C@H](CC(N)=O)NC(=O)c1ccc2ccccc2n1)NC(=O)O. The van der Waals surface area contributed by atoms with Gasteiger partial charge in [-0.25, -0.2) is 14.8 Å². The fourth-order valence-electron chi connectivity index (χ4n) is 5.23. The molecule has 3 aromatic carbocycles. The van der Waals surface area contributed by atoms with Crippen LogP contribution in [0.25, 0.3) is 10.9 Å². The van der Waals surface area contributed by atoms with Gasteiger partial charge >= 0.3 is 6.09 Å². The van der Waals surface area contributed by atoms with Crippen molar-refractivity contribution in [3.63, 3.8) is 0 Å². The van der Waals surface area contributed by atoms with Gasteiger partial charge in [0, 0.05) is 18.0 Å². The van der Waals surface area contributed by atoms with Crippen molar-refractivity contribution < 1.29 is 29.4 Å². The van der Waals surface area contributed by atoms with E-state index in [1.54, 1.807) is 18.2 Å². The van der Waals surface area contributed by atoms with Gasteiger partial charge in [-0.2, -0.15) is 0 Å². The van der Waals surface area contributed by atoms with Gasteiger partial charge in [0.05, 0.1) is 24.1 Å².